The topological polar surface area (TPSA) is 51.0 Å². The summed E-state index contributed by atoms with van der Waals surface area (Å²) in [6.07, 6.45) is 0. The fraction of sp³-hybridized carbons (Fsp3) is 0.467. The molecule has 1 aromatic carbocycles. The van der Waals surface area contributed by atoms with Gasteiger partial charge < -0.3 is 9.84 Å². The molecule has 2 aromatic rings. The van der Waals surface area contributed by atoms with Crippen LogP contribution in [0.1, 0.15) is 51.0 Å². The third kappa shape index (κ3) is 3.81. The molecule has 0 bridgehead atoms. The van der Waals surface area contributed by atoms with Crippen molar-refractivity contribution in [3.63, 3.8) is 0 Å². The lowest BCUT2D eigenvalue weighted by Gasteiger charge is -2.12. The summed E-state index contributed by atoms with van der Waals surface area (Å²) in [5.74, 6) is 1.34. The molecule has 0 fully saturated rings. The molecule has 0 spiro atoms. The fourth-order valence-corrected chi connectivity index (χ4v) is 1.80. The van der Waals surface area contributed by atoms with Gasteiger partial charge in [-0.3, -0.25) is 0 Å². The summed E-state index contributed by atoms with van der Waals surface area (Å²) < 4.78 is 5.32. The molecule has 1 N–H and O–H groups in total. The molecule has 108 valence electrons. The number of hydrogen-bond donors (Lipinski definition) is 1. The largest absolute Gasteiger partial charge is 0.338 e. The predicted octanol–water partition coefficient (Wildman–Crippen LogP) is 3.87. The number of halogens is 1. The number of hydrogen-bond acceptors (Lipinski definition) is 4. The zero-order chi connectivity index (χ0) is 14.8. The maximum atomic E-state index is 5.86. The van der Waals surface area contributed by atoms with Crippen LogP contribution in [-0.2, 0) is 12.0 Å². The van der Waals surface area contributed by atoms with Crippen molar-refractivity contribution in [1.29, 1.82) is 0 Å². The van der Waals surface area contributed by atoms with Gasteiger partial charge in [-0.2, -0.15) is 4.98 Å². The van der Waals surface area contributed by atoms with Crippen molar-refractivity contribution in [3.05, 3.63) is 46.6 Å². The molecule has 5 heteroatoms. The number of benzene rings is 1. The van der Waals surface area contributed by atoms with E-state index in [1.165, 1.54) is 0 Å². The van der Waals surface area contributed by atoms with Crippen LogP contribution in [0.3, 0.4) is 0 Å². The Hall–Kier alpha value is -1.39. The van der Waals surface area contributed by atoms with Gasteiger partial charge in [0.25, 0.3) is 0 Å². The molecule has 0 radical (unpaired) electrons. The van der Waals surface area contributed by atoms with Gasteiger partial charge >= 0.3 is 0 Å². The molecule has 1 unspecified atom stereocenters. The van der Waals surface area contributed by atoms with E-state index in [9.17, 15) is 0 Å². The molecule has 1 heterocycles. The quantitative estimate of drug-likeness (QED) is 0.929. The number of nitrogens with one attached hydrogen (secondary N) is 1. The molecular formula is C15H20ClN3O. The normalized spacial score (nSPS) is 13.4. The number of rotatable bonds is 4. The average molecular weight is 294 g/mol. The fourth-order valence-electron chi connectivity index (χ4n) is 1.68. The van der Waals surface area contributed by atoms with Gasteiger partial charge in [0.05, 0.1) is 6.04 Å². The van der Waals surface area contributed by atoms with Crippen LogP contribution in [0.25, 0.3) is 0 Å². The number of aromatic nitrogens is 2. The second-order valence-electron chi connectivity index (χ2n) is 5.94. The highest BCUT2D eigenvalue weighted by Gasteiger charge is 2.22. The molecular weight excluding hydrogens is 274 g/mol. The summed E-state index contributed by atoms with van der Waals surface area (Å²) in [7, 11) is 0. The van der Waals surface area contributed by atoms with Crippen molar-refractivity contribution in [2.24, 2.45) is 0 Å². The van der Waals surface area contributed by atoms with Crippen molar-refractivity contribution in [2.45, 2.75) is 45.7 Å². The minimum atomic E-state index is -0.0996. The van der Waals surface area contributed by atoms with E-state index in [1.807, 2.05) is 31.2 Å². The number of nitrogens with zero attached hydrogens (tertiary/aromatic N) is 2. The summed E-state index contributed by atoms with van der Waals surface area (Å²) in [4.78, 5) is 4.45. The third-order valence-electron chi connectivity index (χ3n) is 3.01. The standard InChI is InChI=1S/C15H20ClN3O/c1-10(13-18-14(19-20-13)15(2,3)4)17-9-11-5-7-12(16)8-6-11/h5-8,10,17H,9H2,1-4H3. The van der Waals surface area contributed by atoms with Crippen molar-refractivity contribution < 1.29 is 4.52 Å². The second kappa shape index (κ2) is 5.94. The summed E-state index contributed by atoms with van der Waals surface area (Å²) in [5.41, 5.74) is 1.06. The SMILES string of the molecule is CC(NCc1ccc(Cl)cc1)c1nc(C(C)(C)C)no1. The van der Waals surface area contributed by atoms with Gasteiger partial charge in [-0.15, -0.1) is 0 Å². The van der Waals surface area contributed by atoms with Crippen LogP contribution in [0.2, 0.25) is 5.02 Å². The Morgan fingerprint density at radius 3 is 2.45 bits per heavy atom. The van der Waals surface area contributed by atoms with Gasteiger partial charge in [-0.25, -0.2) is 0 Å². The molecule has 0 aliphatic rings. The summed E-state index contributed by atoms with van der Waals surface area (Å²) >= 11 is 5.86. The van der Waals surface area contributed by atoms with E-state index in [1.54, 1.807) is 0 Å². The Labute approximate surface area is 124 Å². The van der Waals surface area contributed by atoms with Gasteiger partial charge in [0.1, 0.15) is 0 Å². The summed E-state index contributed by atoms with van der Waals surface area (Å²) in [5, 5.41) is 8.14. The van der Waals surface area contributed by atoms with Crippen LogP contribution < -0.4 is 5.32 Å². The first-order valence-corrected chi connectivity index (χ1v) is 7.06. The summed E-state index contributed by atoms with van der Waals surface area (Å²) in [6, 6.07) is 7.77. The molecule has 1 aromatic heterocycles. The highest BCUT2D eigenvalue weighted by atomic mass is 35.5. The first-order chi connectivity index (χ1) is 9.36. The zero-order valence-electron chi connectivity index (χ0n) is 12.3. The van der Waals surface area contributed by atoms with E-state index >= 15 is 0 Å². The first-order valence-electron chi connectivity index (χ1n) is 6.68. The van der Waals surface area contributed by atoms with E-state index < -0.39 is 0 Å². The Balaban J connectivity index is 1.96. The molecule has 0 saturated heterocycles. The second-order valence-corrected chi connectivity index (χ2v) is 6.37. The maximum absolute atomic E-state index is 5.86. The van der Waals surface area contributed by atoms with Gasteiger partial charge in [0, 0.05) is 17.0 Å². The van der Waals surface area contributed by atoms with E-state index in [0.29, 0.717) is 5.89 Å². The maximum Gasteiger partial charge on any atom is 0.243 e. The van der Waals surface area contributed by atoms with Crippen LogP contribution in [0, 0.1) is 0 Å². The van der Waals surface area contributed by atoms with E-state index in [-0.39, 0.29) is 11.5 Å². The highest BCUT2D eigenvalue weighted by molar-refractivity contribution is 6.30. The van der Waals surface area contributed by atoms with Crippen molar-refractivity contribution >= 4 is 11.6 Å². The minimum Gasteiger partial charge on any atom is -0.338 e. The Kier molecular flexibility index (Phi) is 4.45. The van der Waals surface area contributed by atoms with Gasteiger partial charge in [0.15, 0.2) is 5.82 Å². The lowest BCUT2D eigenvalue weighted by molar-refractivity contribution is 0.330. The van der Waals surface area contributed by atoms with Crippen LogP contribution in [0.4, 0.5) is 0 Å². The molecule has 20 heavy (non-hydrogen) atoms. The van der Waals surface area contributed by atoms with Crippen LogP contribution in [0.15, 0.2) is 28.8 Å². The lowest BCUT2D eigenvalue weighted by Crippen LogP contribution is -2.19. The highest BCUT2D eigenvalue weighted by Crippen LogP contribution is 2.21. The lowest BCUT2D eigenvalue weighted by atomic mass is 9.96. The van der Waals surface area contributed by atoms with E-state index in [4.69, 9.17) is 16.1 Å². The van der Waals surface area contributed by atoms with Gasteiger partial charge in [-0.1, -0.05) is 49.7 Å². The third-order valence-corrected chi connectivity index (χ3v) is 3.26. The van der Waals surface area contributed by atoms with Crippen molar-refractivity contribution in [2.75, 3.05) is 0 Å². The molecule has 1 atom stereocenters. The minimum absolute atomic E-state index is 0.00859. The molecule has 4 nitrogen and oxygen atoms in total. The van der Waals surface area contributed by atoms with Crippen molar-refractivity contribution in [1.82, 2.24) is 15.5 Å². The first kappa shape index (κ1) is 15.0. The predicted molar refractivity (Wildman–Crippen MR) is 79.7 cm³/mol. The molecule has 2 rings (SSSR count). The molecule has 0 saturated carbocycles. The molecule has 0 aliphatic carbocycles. The van der Waals surface area contributed by atoms with Crippen molar-refractivity contribution in [3.8, 4) is 0 Å². The average Bonchev–Trinajstić information content (AvgIpc) is 2.87. The van der Waals surface area contributed by atoms with Gasteiger partial charge in [0.2, 0.25) is 5.89 Å². The van der Waals surface area contributed by atoms with Crippen LogP contribution in [-0.4, -0.2) is 10.1 Å². The molecule has 0 aliphatic heterocycles. The smallest absolute Gasteiger partial charge is 0.243 e. The Morgan fingerprint density at radius 1 is 1.25 bits per heavy atom. The molecule has 0 amide bonds. The van der Waals surface area contributed by atoms with Crippen LogP contribution in [0.5, 0.6) is 0 Å². The van der Waals surface area contributed by atoms with E-state index in [0.717, 1.165) is 23.0 Å². The summed E-state index contributed by atoms with van der Waals surface area (Å²) in [6.45, 7) is 8.93. The Bertz CT molecular complexity index is 557. The monoisotopic (exact) mass is 293 g/mol. The zero-order valence-corrected chi connectivity index (χ0v) is 13.0. The van der Waals surface area contributed by atoms with E-state index in [2.05, 4.69) is 36.2 Å². The van der Waals surface area contributed by atoms with Gasteiger partial charge in [-0.05, 0) is 24.6 Å². The Morgan fingerprint density at radius 2 is 1.90 bits per heavy atom. The van der Waals surface area contributed by atoms with Crippen LogP contribution >= 0.6 is 11.6 Å².